The highest BCUT2D eigenvalue weighted by molar-refractivity contribution is 5.68. The zero-order valence-corrected chi connectivity index (χ0v) is 8.54. The van der Waals surface area contributed by atoms with Crippen molar-refractivity contribution in [2.75, 3.05) is 0 Å². The summed E-state index contributed by atoms with van der Waals surface area (Å²) in [5, 5.41) is 8.97. The first-order chi connectivity index (χ1) is 6.73. The molecule has 2 unspecified atom stereocenters. The third kappa shape index (κ3) is 1.70. The van der Waals surface area contributed by atoms with Gasteiger partial charge in [-0.2, -0.15) is 0 Å². The van der Waals surface area contributed by atoms with Crippen molar-refractivity contribution in [3.05, 3.63) is 12.2 Å². The average Bonchev–Trinajstić information content (AvgIpc) is 2.16. The number of carboxylic acid groups (broad SMARTS) is 1. The summed E-state index contributed by atoms with van der Waals surface area (Å²) >= 11 is 0. The van der Waals surface area contributed by atoms with Crippen molar-refractivity contribution in [1.29, 1.82) is 0 Å². The van der Waals surface area contributed by atoms with Crippen molar-refractivity contribution in [3.8, 4) is 0 Å². The lowest BCUT2D eigenvalue weighted by Crippen LogP contribution is -2.35. The molecule has 0 saturated heterocycles. The Morgan fingerprint density at radius 2 is 2.29 bits per heavy atom. The molecule has 0 amide bonds. The molecule has 0 spiro atoms. The summed E-state index contributed by atoms with van der Waals surface area (Å²) in [6.07, 6.45) is 11.9. The molecule has 1 saturated carbocycles. The third-order valence-electron chi connectivity index (χ3n) is 3.87. The maximum atomic E-state index is 10.9. The van der Waals surface area contributed by atoms with Gasteiger partial charge < -0.3 is 5.11 Å². The van der Waals surface area contributed by atoms with Crippen molar-refractivity contribution in [2.45, 2.75) is 44.9 Å². The maximum absolute atomic E-state index is 10.9. The molecule has 1 fully saturated rings. The van der Waals surface area contributed by atoms with E-state index in [1.165, 1.54) is 25.7 Å². The number of allylic oxidation sites excluding steroid dienone is 2. The first-order valence-corrected chi connectivity index (χ1v) is 5.62. The zero-order chi connectivity index (χ0) is 10.0. The number of aliphatic carboxylic acids is 1. The molecule has 0 aromatic rings. The molecule has 0 aliphatic heterocycles. The summed E-state index contributed by atoms with van der Waals surface area (Å²) in [6, 6.07) is 0. The molecule has 0 bridgehead atoms. The van der Waals surface area contributed by atoms with Crippen LogP contribution >= 0.6 is 0 Å². The quantitative estimate of drug-likeness (QED) is 0.686. The van der Waals surface area contributed by atoms with E-state index in [4.69, 9.17) is 5.11 Å². The Hall–Kier alpha value is -0.790. The summed E-state index contributed by atoms with van der Waals surface area (Å²) in [6.45, 7) is 0. The average molecular weight is 194 g/mol. The van der Waals surface area contributed by atoms with E-state index in [2.05, 4.69) is 12.2 Å². The van der Waals surface area contributed by atoms with Crippen molar-refractivity contribution >= 4 is 5.97 Å². The van der Waals surface area contributed by atoms with E-state index in [1.807, 2.05) is 0 Å². The van der Waals surface area contributed by atoms with Gasteiger partial charge in [0.15, 0.2) is 0 Å². The number of fused-ring (bicyclic) bond motifs is 1. The van der Waals surface area contributed by atoms with Gasteiger partial charge in [0.1, 0.15) is 0 Å². The monoisotopic (exact) mass is 194 g/mol. The van der Waals surface area contributed by atoms with E-state index in [9.17, 15) is 4.79 Å². The number of carbonyl (C=O) groups is 1. The lowest BCUT2D eigenvalue weighted by Gasteiger charge is -2.43. The van der Waals surface area contributed by atoms with E-state index in [-0.39, 0.29) is 5.41 Å². The summed E-state index contributed by atoms with van der Waals surface area (Å²) < 4.78 is 0. The Kier molecular flexibility index (Phi) is 2.62. The van der Waals surface area contributed by atoms with Crippen molar-refractivity contribution in [3.63, 3.8) is 0 Å². The SMILES string of the molecule is O=C(O)CC12C=CCCC1CCCC2. The van der Waals surface area contributed by atoms with Crippen LogP contribution in [0.3, 0.4) is 0 Å². The highest BCUT2D eigenvalue weighted by Gasteiger charge is 2.41. The second-order valence-electron chi connectivity index (χ2n) is 4.73. The van der Waals surface area contributed by atoms with E-state index < -0.39 is 5.97 Å². The van der Waals surface area contributed by atoms with E-state index >= 15 is 0 Å². The molecule has 2 atom stereocenters. The summed E-state index contributed by atoms with van der Waals surface area (Å²) in [5.41, 5.74) is 0.0162. The topological polar surface area (TPSA) is 37.3 Å². The molecule has 0 aromatic carbocycles. The fourth-order valence-electron chi connectivity index (χ4n) is 3.18. The van der Waals surface area contributed by atoms with Crippen LogP contribution in [0.25, 0.3) is 0 Å². The molecule has 0 aromatic heterocycles. The van der Waals surface area contributed by atoms with Crippen molar-refractivity contribution < 1.29 is 9.90 Å². The molecule has 2 heteroatoms. The molecule has 0 radical (unpaired) electrons. The molecule has 14 heavy (non-hydrogen) atoms. The van der Waals surface area contributed by atoms with Gasteiger partial charge in [-0.1, -0.05) is 25.0 Å². The molecule has 1 N–H and O–H groups in total. The first-order valence-electron chi connectivity index (χ1n) is 5.62. The van der Waals surface area contributed by atoms with Gasteiger partial charge in [-0.3, -0.25) is 4.79 Å². The van der Waals surface area contributed by atoms with Crippen LogP contribution in [0.4, 0.5) is 0 Å². The normalized spacial score (nSPS) is 36.4. The van der Waals surface area contributed by atoms with Crippen LogP contribution in [0.1, 0.15) is 44.9 Å². The van der Waals surface area contributed by atoms with Crippen LogP contribution < -0.4 is 0 Å². The highest BCUT2D eigenvalue weighted by atomic mass is 16.4. The van der Waals surface area contributed by atoms with Crippen LogP contribution in [0.15, 0.2) is 12.2 Å². The van der Waals surface area contributed by atoms with Gasteiger partial charge in [-0.25, -0.2) is 0 Å². The van der Waals surface area contributed by atoms with Gasteiger partial charge in [0.05, 0.1) is 6.42 Å². The smallest absolute Gasteiger partial charge is 0.304 e. The van der Waals surface area contributed by atoms with Crippen LogP contribution in [0.5, 0.6) is 0 Å². The summed E-state index contributed by atoms with van der Waals surface area (Å²) in [5.74, 6) is 0.000741. The van der Waals surface area contributed by atoms with Gasteiger partial charge in [0, 0.05) is 5.41 Å². The summed E-state index contributed by atoms with van der Waals surface area (Å²) in [4.78, 5) is 10.9. The molecule has 0 heterocycles. The van der Waals surface area contributed by atoms with Crippen LogP contribution in [0, 0.1) is 11.3 Å². The van der Waals surface area contributed by atoms with Crippen LogP contribution in [-0.4, -0.2) is 11.1 Å². The minimum atomic E-state index is -0.636. The molecule has 2 aliphatic carbocycles. The van der Waals surface area contributed by atoms with Gasteiger partial charge >= 0.3 is 5.97 Å². The lowest BCUT2D eigenvalue weighted by atomic mass is 9.61. The van der Waals surface area contributed by atoms with Gasteiger partial charge in [0.25, 0.3) is 0 Å². The van der Waals surface area contributed by atoms with Gasteiger partial charge in [-0.05, 0) is 31.6 Å². The highest BCUT2D eigenvalue weighted by Crippen LogP contribution is 2.49. The minimum Gasteiger partial charge on any atom is -0.481 e. The molecule has 2 rings (SSSR count). The maximum Gasteiger partial charge on any atom is 0.304 e. The van der Waals surface area contributed by atoms with Crippen molar-refractivity contribution in [2.24, 2.45) is 11.3 Å². The number of carboxylic acids is 1. The fraction of sp³-hybridized carbons (Fsp3) is 0.750. The lowest BCUT2D eigenvalue weighted by molar-refractivity contribution is -0.140. The zero-order valence-electron chi connectivity index (χ0n) is 8.54. The minimum absolute atomic E-state index is 0.0162. The van der Waals surface area contributed by atoms with Gasteiger partial charge in [0.2, 0.25) is 0 Å². The third-order valence-corrected chi connectivity index (χ3v) is 3.87. The van der Waals surface area contributed by atoms with Crippen molar-refractivity contribution in [1.82, 2.24) is 0 Å². The second-order valence-corrected chi connectivity index (χ2v) is 4.73. The Labute approximate surface area is 85.0 Å². The number of hydrogen-bond acceptors (Lipinski definition) is 1. The number of hydrogen-bond donors (Lipinski definition) is 1. The molecule has 2 nitrogen and oxygen atoms in total. The molecule has 2 aliphatic rings. The first kappa shape index (κ1) is 9.75. The van der Waals surface area contributed by atoms with Crippen LogP contribution in [0.2, 0.25) is 0 Å². The fourth-order valence-corrected chi connectivity index (χ4v) is 3.18. The molecular formula is C12H18O2. The largest absolute Gasteiger partial charge is 0.481 e. The number of rotatable bonds is 2. The predicted octanol–water partition coefficient (Wildman–Crippen LogP) is 2.99. The Morgan fingerprint density at radius 3 is 3.07 bits per heavy atom. The Bertz CT molecular complexity index is 257. The van der Waals surface area contributed by atoms with E-state index in [0.717, 1.165) is 12.8 Å². The second kappa shape index (κ2) is 3.76. The molecular weight excluding hydrogens is 176 g/mol. The Balaban J connectivity index is 2.19. The van der Waals surface area contributed by atoms with Gasteiger partial charge in [-0.15, -0.1) is 0 Å². The Morgan fingerprint density at radius 1 is 1.43 bits per heavy atom. The predicted molar refractivity (Wildman–Crippen MR) is 55.0 cm³/mol. The standard InChI is InChI=1S/C12H18O2/c13-11(14)9-12-7-3-1-5-10(12)6-2-4-8-12/h3,7,10H,1-2,4-6,8-9H2,(H,13,14). The molecule has 78 valence electrons. The van der Waals surface area contributed by atoms with E-state index in [0.29, 0.717) is 12.3 Å². The van der Waals surface area contributed by atoms with E-state index in [1.54, 1.807) is 0 Å². The summed E-state index contributed by atoms with van der Waals surface area (Å²) in [7, 11) is 0. The van der Waals surface area contributed by atoms with Crippen LogP contribution in [-0.2, 0) is 4.79 Å².